The summed E-state index contributed by atoms with van der Waals surface area (Å²) < 4.78 is 0. The van der Waals surface area contributed by atoms with Crippen molar-refractivity contribution >= 4 is 5.91 Å². The number of rotatable bonds is 4. The maximum absolute atomic E-state index is 11.7. The minimum Gasteiger partial charge on any atom is -0.349 e. The molecule has 5 nitrogen and oxygen atoms in total. The Morgan fingerprint density at radius 2 is 2.19 bits per heavy atom. The van der Waals surface area contributed by atoms with E-state index in [1.165, 1.54) is 32.1 Å². The molecule has 2 fully saturated rings. The molecule has 1 heterocycles. The molecule has 2 aliphatic rings. The summed E-state index contributed by atoms with van der Waals surface area (Å²) in [6.07, 6.45) is 6.10. The van der Waals surface area contributed by atoms with E-state index in [1.54, 1.807) is 0 Å². The first kappa shape index (κ1) is 9.81. The van der Waals surface area contributed by atoms with Crippen LogP contribution in [0, 0.1) is 5.92 Å². The monoisotopic (exact) mass is 220 g/mol. The first-order valence-electron chi connectivity index (χ1n) is 6.03. The average Bonchev–Trinajstić information content (AvgIpc) is 2.94. The molecule has 0 atom stereocenters. The number of carbonyl (C=O) groups is 1. The Bertz CT molecular complexity index is 392. The number of carbonyl (C=O) groups excluding carboxylic acids is 1. The molecule has 5 heteroatoms. The molecule has 1 aromatic rings. The highest BCUT2D eigenvalue weighted by atomic mass is 16.2. The Morgan fingerprint density at radius 3 is 2.81 bits per heavy atom. The van der Waals surface area contributed by atoms with Gasteiger partial charge in [-0.3, -0.25) is 9.89 Å². The molecule has 2 N–H and O–H groups in total. The van der Waals surface area contributed by atoms with E-state index in [0.29, 0.717) is 17.7 Å². The quantitative estimate of drug-likeness (QED) is 0.801. The van der Waals surface area contributed by atoms with Crippen molar-refractivity contribution in [3.63, 3.8) is 0 Å². The number of aromatic amines is 1. The highest BCUT2D eigenvalue weighted by molar-refractivity contribution is 5.90. The summed E-state index contributed by atoms with van der Waals surface area (Å²) in [4.78, 5) is 15.9. The first-order valence-corrected chi connectivity index (χ1v) is 6.03. The fourth-order valence-electron chi connectivity index (χ4n) is 1.93. The normalized spacial score (nSPS) is 20.5. The number of nitrogens with zero attached hydrogens (tertiary/aromatic N) is 2. The van der Waals surface area contributed by atoms with Gasteiger partial charge in [0.05, 0.1) is 0 Å². The largest absolute Gasteiger partial charge is 0.349 e. The molecule has 2 saturated carbocycles. The Kier molecular flexibility index (Phi) is 2.38. The minimum absolute atomic E-state index is 0.143. The van der Waals surface area contributed by atoms with E-state index in [9.17, 15) is 4.79 Å². The van der Waals surface area contributed by atoms with Crippen molar-refractivity contribution in [3.05, 3.63) is 11.6 Å². The second kappa shape index (κ2) is 3.88. The van der Waals surface area contributed by atoms with Crippen LogP contribution in [0.15, 0.2) is 0 Å². The van der Waals surface area contributed by atoms with Gasteiger partial charge >= 0.3 is 0 Å². The van der Waals surface area contributed by atoms with Crippen LogP contribution in [0.2, 0.25) is 0 Å². The fourth-order valence-corrected chi connectivity index (χ4v) is 1.93. The molecule has 86 valence electrons. The van der Waals surface area contributed by atoms with Gasteiger partial charge in [0.15, 0.2) is 0 Å². The van der Waals surface area contributed by atoms with Gasteiger partial charge in [-0.15, -0.1) is 5.10 Å². The molecule has 0 unspecified atom stereocenters. The molecule has 1 amide bonds. The van der Waals surface area contributed by atoms with Gasteiger partial charge in [-0.25, -0.2) is 4.98 Å². The summed E-state index contributed by atoms with van der Waals surface area (Å²) in [6, 6.07) is 0. The maximum atomic E-state index is 11.7. The van der Waals surface area contributed by atoms with E-state index in [0.717, 1.165) is 12.4 Å². The molecule has 0 aromatic carbocycles. The molecular weight excluding hydrogens is 204 g/mol. The van der Waals surface area contributed by atoms with E-state index >= 15 is 0 Å². The summed E-state index contributed by atoms with van der Waals surface area (Å²) in [6.45, 7) is 0.770. The molecule has 1 aromatic heterocycles. The lowest BCUT2D eigenvalue weighted by Crippen LogP contribution is -2.32. The second-order valence-electron chi connectivity index (χ2n) is 4.83. The number of H-pyrrole nitrogens is 1. The van der Waals surface area contributed by atoms with E-state index in [2.05, 4.69) is 20.5 Å². The first-order chi connectivity index (χ1) is 7.83. The number of nitrogens with one attached hydrogen (secondary N) is 2. The SMILES string of the molecule is O=C(NCC1CCC1)c1n[nH]c(C2CC2)n1. The van der Waals surface area contributed by atoms with Crippen molar-refractivity contribution in [2.75, 3.05) is 6.54 Å². The van der Waals surface area contributed by atoms with Crippen molar-refractivity contribution in [3.8, 4) is 0 Å². The van der Waals surface area contributed by atoms with Gasteiger partial charge in [0.25, 0.3) is 5.91 Å². The second-order valence-corrected chi connectivity index (χ2v) is 4.83. The fraction of sp³-hybridized carbons (Fsp3) is 0.727. The standard InChI is InChI=1S/C11H16N4O/c16-11(12-6-7-2-1-3-7)10-13-9(14-15-10)8-4-5-8/h7-8H,1-6H2,(H,12,16)(H,13,14,15). The van der Waals surface area contributed by atoms with E-state index in [-0.39, 0.29) is 5.91 Å². The highest BCUT2D eigenvalue weighted by Gasteiger charge is 2.28. The molecule has 0 radical (unpaired) electrons. The Labute approximate surface area is 94.0 Å². The smallest absolute Gasteiger partial charge is 0.290 e. The molecule has 0 aliphatic heterocycles. The molecule has 16 heavy (non-hydrogen) atoms. The third-order valence-corrected chi connectivity index (χ3v) is 3.45. The topological polar surface area (TPSA) is 70.7 Å². The molecule has 0 bridgehead atoms. The summed E-state index contributed by atoms with van der Waals surface area (Å²) >= 11 is 0. The summed E-state index contributed by atoms with van der Waals surface area (Å²) in [5.41, 5.74) is 0. The van der Waals surface area contributed by atoms with Crippen molar-refractivity contribution < 1.29 is 4.79 Å². The minimum atomic E-state index is -0.143. The van der Waals surface area contributed by atoms with E-state index < -0.39 is 0 Å². The number of hydrogen-bond acceptors (Lipinski definition) is 3. The van der Waals surface area contributed by atoms with Crippen molar-refractivity contribution in [2.24, 2.45) is 5.92 Å². The van der Waals surface area contributed by atoms with Gasteiger partial charge in [-0.05, 0) is 31.6 Å². The van der Waals surface area contributed by atoms with Crippen LogP contribution in [-0.4, -0.2) is 27.6 Å². The van der Waals surface area contributed by atoms with Crippen LogP contribution in [0.3, 0.4) is 0 Å². The summed E-state index contributed by atoms with van der Waals surface area (Å²) in [5, 5.41) is 9.68. The predicted molar refractivity (Wildman–Crippen MR) is 58.0 cm³/mol. The van der Waals surface area contributed by atoms with Gasteiger partial charge in [-0.2, -0.15) is 0 Å². The summed E-state index contributed by atoms with van der Waals surface area (Å²) in [5.74, 6) is 2.21. The van der Waals surface area contributed by atoms with Crippen LogP contribution < -0.4 is 5.32 Å². The molecule has 3 rings (SSSR count). The van der Waals surface area contributed by atoms with Crippen LogP contribution in [0.25, 0.3) is 0 Å². The highest BCUT2D eigenvalue weighted by Crippen LogP contribution is 2.37. The maximum Gasteiger partial charge on any atom is 0.290 e. The third kappa shape index (κ3) is 1.94. The van der Waals surface area contributed by atoms with Crippen molar-refractivity contribution in [1.82, 2.24) is 20.5 Å². The lowest BCUT2D eigenvalue weighted by molar-refractivity contribution is 0.0929. The molecule has 0 saturated heterocycles. The van der Waals surface area contributed by atoms with E-state index in [4.69, 9.17) is 0 Å². The van der Waals surface area contributed by atoms with Crippen LogP contribution in [0.4, 0.5) is 0 Å². The average molecular weight is 220 g/mol. The Balaban J connectivity index is 1.55. The van der Waals surface area contributed by atoms with Gasteiger partial charge in [0, 0.05) is 12.5 Å². The third-order valence-electron chi connectivity index (χ3n) is 3.45. The molecule has 0 spiro atoms. The number of hydrogen-bond donors (Lipinski definition) is 2. The van der Waals surface area contributed by atoms with Gasteiger partial charge in [0.1, 0.15) is 5.82 Å². The predicted octanol–water partition coefficient (Wildman–Crippen LogP) is 1.21. The van der Waals surface area contributed by atoms with Crippen LogP contribution in [-0.2, 0) is 0 Å². The Hall–Kier alpha value is -1.39. The Morgan fingerprint density at radius 1 is 1.38 bits per heavy atom. The van der Waals surface area contributed by atoms with Crippen molar-refractivity contribution in [2.45, 2.75) is 38.0 Å². The number of amides is 1. The summed E-state index contributed by atoms with van der Waals surface area (Å²) in [7, 11) is 0. The lowest BCUT2D eigenvalue weighted by Gasteiger charge is -2.24. The van der Waals surface area contributed by atoms with E-state index in [1.807, 2.05) is 0 Å². The molecular formula is C11H16N4O. The van der Waals surface area contributed by atoms with Gasteiger partial charge < -0.3 is 5.32 Å². The zero-order chi connectivity index (χ0) is 11.0. The van der Waals surface area contributed by atoms with Gasteiger partial charge in [0.2, 0.25) is 5.82 Å². The lowest BCUT2D eigenvalue weighted by atomic mass is 9.85. The zero-order valence-corrected chi connectivity index (χ0v) is 9.20. The zero-order valence-electron chi connectivity index (χ0n) is 9.20. The van der Waals surface area contributed by atoms with Crippen molar-refractivity contribution in [1.29, 1.82) is 0 Å². The molecule has 2 aliphatic carbocycles. The number of aromatic nitrogens is 3. The van der Waals surface area contributed by atoms with Crippen LogP contribution in [0.5, 0.6) is 0 Å². The van der Waals surface area contributed by atoms with Gasteiger partial charge in [-0.1, -0.05) is 6.42 Å². The van der Waals surface area contributed by atoms with Crippen LogP contribution in [0.1, 0.15) is 54.5 Å². The van der Waals surface area contributed by atoms with Crippen LogP contribution >= 0.6 is 0 Å².